The lowest BCUT2D eigenvalue weighted by Crippen LogP contribution is -2.04. The highest BCUT2D eigenvalue weighted by molar-refractivity contribution is 6.69. The zero-order valence-electron chi connectivity index (χ0n) is 4.94. The van der Waals surface area contributed by atoms with Crippen LogP contribution in [0.5, 0.6) is 0 Å². The van der Waals surface area contributed by atoms with Crippen molar-refractivity contribution >= 4 is 20.4 Å². The van der Waals surface area contributed by atoms with E-state index in [-0.39, 0.29) is 0 Å². The maximum Gasteiger partial charge on any atom is 0.0849 e. The van der Waals surface area contributed by atoms with E-state index in [0.29, 0.717) is 0 Å². The van der Waals surface area contributed by atoms with Gasteiger partial charge in [-0.05, 0) is 6.04 Å². The summed E-state index contributed by atoms with van der Waals surface area (Å²) in [6, 6.07) is 1.09. The summed E-state index contributed by atoms with van der Waals surface area (Å²) >= 11 is 5.49. The molecule has 0 unspecified atom stereocenters. The first kappa shape index (κ1) is 7.99. The second kappa shape index (κ2) is 5.13. The van der Waals surface area contributed by atoms with Crippen molar-refractivity contribution in [2.75, 3.05) is 5.88 Å². The van der Waals surface area contributed by atoms with Crippen LogP contribution >= 0.6 is 11.6 Å². The van der Waals surface area contributed by atoms with Crippen LogP contribution in [0.15, 0.2) is 24.6 Å². The third-order valence-electron chi connectivity index (χ3n) is 1.05. The molecule has 0 rings (SSSR count). The van der Waals surface area contributed by atoms with Crippen molar-refractivity contribution in [3.63, 3.8) is 0 Å². The number of alkyl halides is 1. The van der Waals surface area contributed by atoms with Crippen LogP contribution in [0.3, 0.4) is 0 Å². The topological polar surface area (TPSA) is 0 Å². The Morgan fingerprint density at radius 2 is 1.88 bits per heavy atom. The molecule has 46 valence electrons. The van der Waals surface area contributed by atoms with Crippen LogP contribution in [0.25, 0.3) is 0 Å². The molecule has 0 spiro atoms. The maximum atomic E-state index is 5.49. The summed E-state index contributed by atoms with van der Waals surface area (Å²) < 4.78 is 0. The van der Waals surface area contributed by atoms with E-state index in [4.69, 9.17) is 11.6 Å². The Bertz CT molecular complexity index is 72.6. The van der Waals surface area contributed by atoms with Gasteiger partial charge in [-0.15, -0.1) is 36.2 Å². The van der Waals surface area contributed by atoms with E-state index in [1.54, 1.807) is 0 Å². The number of hydrogen-bond donors (Lipinski definition) is 0. The van der Waals surface area contributed by atoms with Crippen molar-refractivity contribution in [2.45, 2.75) is 6.04 Å². The van der Waals surface area contributed by atoms with Crippen molar-refractivity contribution in [1.82, 2.24) is 0 Å². The van der Waals surface area contributed by atoms with Crippen LogP contribution in [-0.2, 0) is 0 Å². The molecule has 0 aliphatic rings. The number of hydrogen-bond acceptors (Lipinski definition) is 0. The summed E-state index contributed by atoms with van der Waals surface area (Å²) in [4.78, 5) is 0. The molecule has 0 aliphatic heterocycles. The van der Waals surface area contributed by atoms with Gasteiger partial charge in [-0.25, -0.2) is 0 Å². The van der Waals surface area contributed by atoms with Gasteiger partial charge >= 0.3 is 0 Å². The zero-order chi connectivity index (χ0) is 6.41. The Balaban J connectivity index is 3.35. The van der Waals surface area contributed by atoms with Gasteiger partial charge in [0.25, 0.3) is 0 Å². The third kappa shape index (κ3) is 3.05. The first-order valence-electron chi connectivity index (χ1n) is 2.66. The first-order chi connectivity index (χ1) is 3.85. The first-order valence-corrected chi connectivity index (χ1v) is 5.34. The molecule has 0 radical (unpaired) electrons. The monoisotopic (exact) mass is 146 g/mol. The average molecular weight is 147 g/mol. The lowest BCUT2D eigenvalue weighted by Gasteiger charge is -1.97. The molecule has 0 atom stereocenters. The number of rotatable bonds is 4. The summed E-state index contributed by atoms with van der Waals surface area (Å²) in [6.07, 6.45) is 0. The molecule has 0 bridgehead atoms. The number of halogens is 1. The molecule has 0 saturated heterocycles. The summed E-state index contributed by atoms with van der Waals surface area (Å²) in [7, 11) is -0.796. The fourth-order valence-corrected chi connectivity index (χ4v) is 2.13. The highest BCUT2D eigenvalue weighted by atomic mass is 35.5. The predicted octanol–water partition coefficient (Wildman–Crippen LogP) is 1.90. The third-order valence-corrected chi connectivity index (χ3v) is 3.80. The van der Waals surface area contributed by atoms with E-state index < -0.39 is 8.80 Å². The molecule has 8 heavy (non-hydrogen) atoms. The minimum absolute atomic E-state index is 0.745. The summed E-state index contributed by atoms with van der Waals surface area (Å²) in [6.45, 7) is 7.36. The fraction of sp³-hybridized carbons (Fsp3) is 0.333. The zero-order valence-corrected chi connectivity index (χ0v) is 6.85. The highest BCUT2D eigenvalue weighted by Crippen LogP contribution is 1.95. The van der Waals surface area contributed by atoms with Crippen LogP contribution < -0.4 is 0 Å². The van der Waals surface area contributed by atoms with Gasteiger partial charge in [-0.3, -0.25) is 0 Å². The molecule has 0 aromatic heterocycles. The van der Waals surface area contributed by atoms with Gasteiger partial charge in [-0.1, -0.05) is 0 Å². The minimum Gasteiger partial charge on any atom is -0.127 e. The summed E-state index contributed by atoms with van der Waals surface area (Å²) in [5.74, 6) is 0.745. The fourth-order valence-electron chi connectivity index (χ4n) is 0.458. The van der Waals surface area contributed by atoms with Crippen LogP contribution in [0, 0.1) is 0 Å². The molecular weight excluding hydrogens is 136 g/mol. The van der Waals surface area contributed by atoms with E-state index in [2.05, 4.69) is 13.2 Å². The summed E-state index contributed by atoms with van der Waals surface area (Å²) in [5, 5.41) is 0. The second-order valence-electron chi connectivity index (χ2n) is 1.61. The lowest BCUT2D eigenvalue weighted by molar-refractivity contribution is 1.45. The van der Waals surface area contributed by atoms with Gasteiger partial charge in [0, 0.05) is 5.88 Å². The van der Waals surface area contributed by atoms with Crippen LogP contribution in [0.1, 0.15) is 0 Å². The van der Waals surface area contributed by atoms with Crippen molar-refractivity contribution < 1.29 is 0 Å². The largest absolute Gasteiger partial charge is 0.127 e. The van der Waals surface area contributed by atoms with Crippen molar-refractivity contribution in [1.29, 1.82) is 0 Å². The van der Waals surface area contributed by atoms with Crippen molar-refractivity contribution in [3.8, 4) is 0 Å². The Labute approximate surface area is 57.5 Å². The van der Waals surface area contributed by atoms with Gasteiger partial charge in [0.2, 0.25) is 0 Å². The van der Waals surface area contributed by atoms with E-state index in [1.807, 2.05) is 11.4 Å². The van der Waals surface area contributed by atoms with Crippen molar-refractivity contribution in [3.05, 3.63) is 24.6 Å². The molecule has 0 aliphatic carbocycles. The maximum absolute atomic E-state index is 5.49. The van der Waals surface area contributed by atoms with Gasteiger partial charge in [0.15, 0.2) is 0 Å². The molecule has 2 heteroatoms. The minimum atomic E-state index is -0.796. The molecule has 0 fully saturated rings. The summed E-state index contributed by atoms with van der Waals surface area (Å²) in [5.41, 5.74) is 3.99. The van der Waals surface area contributed by atoms with E-state index >= 15 is 0 Å². The Morgan fingerprint density at radius 3 is 2.00 bits per heavy atom. The van der Waals surface area contributed by atoms with Crippen molar-refractivity contribution in [2.24, 2.45) is 0 Å². The molecule has 0 aromatic rings. The van der Waals surface area contributed by atoms with Gasteiger partial charge in [0.1, 0.15) is 0 Å². The molecule has 0 amide bonds. The van der Waals surface area contributed by atoms with Gasteiger partial charge in [-0.2, -0.15) is 0 Å². The average Bonchev–Trinajstić information content (AvgIpc) is 1.83. The quantitative estimate of drug-likeness (QED) is 0.420. The van der Waals surface area contributed by atoms with Crippen LogP contribution in [0.4, 0.5) is 0 Å². The highest BCUT2D eigenvalue weighted by Gasteiger charge is 1.96. The van der Waals surface area contributed by atoms with Crippen LogP contribution in [-0.4, -0.2) is 14.7 Å². The Morgan fingerprint density at radius 1 is 1.38 bits per heavy atom. The molecular formula is C6H11ClSi. The molecule has 0 heterocycles. The van der Waals surface area contributed by atoms with Gasteiger partial charge in [0.05, 0.1) is 8.80 Å². The Kier molecular flexibility index (Phi) is 5.12. The molecule has 0 aromatic carbocycles. The van der Waals surface area contributed by atoms with Crippen LogP contribution in [0.2, 0.25) is 6.04 Å². The second-order valence-corrected chi connectivity index (χ2v) is 4.84. The Hall–Kier alpha value is -0.0131. The van der Waals surface area contributed by atoms with E-state index in [1.165, 1.54) is 0 Å². The smallest absolute Gasteiger partial charge is 0.0849 e. The molecule has 0 saturated carbocycles. The SMILES string of the molecule is C=C[SiH](C=C)CCCl. The molecule has 0 nitrogen and oxygen atoms in total. The van der Waals surface area contributed by atoms with E-state index in [9.17, 15) is 0 Å². The normalized spacial score (nSPS) is 9.25. The lowest BCUT2D eigenvalue weighted by atomic mass is 11.0. The standard InChI is InChI=1S/C6H11ClSi/c1-3-8(4-2)6-5-7/h3-4,8H,1-2,5-6H2. The van der Waals surface area contributed by atoms with E-state index in [0.717, 1.165) is 11.9 Å². The predicted molar refractivity (Wildman–Crippen MR) is 43.1 cm³/mol. The molecule has 0 N–H and O–H groups in total. The van der Waals surface area contributed by atoms with Gasteiger partial charge < -0.3 is 0 Å².